The number of aryl methyl sites for hydroxylation is 1. The van der Waals surface area contributed by atoms with Gasteiger partial charge in [-0.15, -0.1) is 0 Å². The summed E-state index contributed by atoms with van der Waals surface area (Å²) in [6, 6.07) is 3.89. The van der Waals surface area contributed by atoms with Crippen molar-refractivity contribution in [3.8, 4) is 6.07 Å². The molecule has 3 heterocycles. The summed E-state index contributed by atoms with van der Waals surface area (Å²) in [6.45, 7) is 3.66. The first-order valence-corrected chi connectivity index (χ1v) is 8.06. The van der Waals surface area contributed by atoms with Crippen molar-refractivity contribution in [2.45, 2.75) is 32.3 Å². The van der Waals surface area contributed by atoms with Crippen LogP contribution in [0.25, 0.3) is 0 Å². The maximum absolute atomic E-state index is 8.75. The number of nitrogens with zero attached hydrogens (tertiary/aromatic N) is 4. The lowest BCUT2D eigenvalue weighted by atomic mass is 10.1. The third-order valence-corrected chi connectivity index (χ3v) is 3.92. The molecule has 0 spiro atoms. The molecule has 0 saturated carbocycles. The summed E-state index contributed by atoms with van der Waals surface area (Å²) in [6.07, 6.45) is 8.51. The van der Waals surface area contributed by atoms with Gasteiger partial charge in [-0.25, -0.2) is 15.0 Å². The van der Waals surface area contributed by atoms with Gasteiger partial charge >= 0.3 is 0 Å². The van der Waals surface area contributed by atoms with Gasteiger partial charge in [-0.05, 0) is 31.7 Å². The molecule has 1 atom stereocenters. The highest BCUT2D eigenvalue weighted by Gasteiger charge is 2.14. The van der Waals surface area contributed by atoms with Crippen LogP contribution in [-0.4, -0.2) is 34.2 Å². The van der Waals surface area contributed by atoms with Crippen LogP contribution in [0.3, 0.4) is 0 Å². The number of nitriles is 1. The van der Waals surface area contributed by atoms with Crippen LogP contribution in [0.15, 0.2) is 24.7 Å². The summed E-state index contributed by atoms with van der Waals surface area (Å²) >= 11 is 0. The molecular formula is C17H20N6O. The van der Waals surface area contributed by atoms with Crippen molar-refractivity contribution in [2.75, 3.05) is 23.8 Å². The molecule has 24 heavy (non-hydrogen) atoms. The molecule has 7 heteroatoms. The van der Waals surface area contributed by atoms with Crippen LogP contribution >= 0.6 is 0 Å². The van der Waals surface area contributed by atoms with Gasteiger partial charge < -0.3 is 15.4 Å². The number of nitrogens with one attached hydrogen (secondary N) is 2. The van der Waals surface area contributed by atoms with E-state index in [0.717, 1.165) is 37.2 Å². The van der Waals surface area contributed by atoms with Crippen molar-refractivity contribution in [2.24, 2.45) is 0 Å². The first kappa shape index (κ1) is 16.1. The van der Waals surface area contributed by atoms with Gasteiger partial charge in [0, 0.05) is 31.1 Å². The molecule has 2 aromatic heterocycles. The summed E-state index contributed by atoms with van der Waals surface area (Å²) in [5, 5.41) is 15.3. The fourth-order valence-corrected chi connectivity index (χ4v) is 2.56. The van der Waals surface area contributed by atoms with E-state index in [4.69, 9.17) is 10.00 Å². The molecule has 0 unspecified atom stereocenters. The molecule has 1 aliphatic rings. The molecule has 1 saturated heterocycles. The zero-order valence-electron chi connectivity index (χ0n) is 13.6. The summed E-state index contributed by atoms with van der Waals surface area (Å²) in [7, 11) is 0. The van der Waals surface area contributed by atoms with Crippen molar-refractivity contribution >= 4 is 17.3 Å². The Morgan fingerprint density at radius 1 is 1.21 bits per heavy atom. The van der Waals surface area contributed by atoms with E-state index >= 15 is 0 Å². The number of hydrogen-bond acceptors (Lipinski definition) is 7. The Morgan fingerprint density at radius 2 is 2.08 bits per heavy atom. The lowest BCUT2D eigenvalue weighted by Gasteiger charge is -2.23. The number of ether oxygens (including phenoxy) is 1. The SMILES string of the molecule is Cc1cnc(Nc2cnc(C#N)cn2)cc1NC[C@@H]1CCCCO1. The van der Waals surface area contributed by atoms with Crippen molar-refractivity contribution in [1.29, 1.82) is 5.26 Å². The second-order valence-electron chi connectivity index (χ2n) is 5.78. The third kappa shape index (κ3) is 4.18. The minimum atomic E-state index is 0.270. The van der Waals surface area contributed by atoms with Crippen molar-refractivity contribution in [3.63, 3.8) is 0 Å². The van der Waals surface area contributed by atoms with Gasteiger partial charge in [0.1, 0.15) is 17.7 Å². The van der Waals surface area contributed by atoms with E-state index < -0.39 is 0 Å². The van der Waals surface area contributed by atoms with Crippen LogP contribution in [-0.2, 0) is 4.74 Å². The number of anilines is 3. The van der Waals surface area contributed by atoms with Gasteiger partial charge in [-0.2, -0.15) is 5.26 Å². The number of pyridine rings is 1. The van der Waals surface area contributed by atoms with Crippen LogP contribution in [0, 0.1) is 18.3 Å². The lowest BCUT2D eigenvalue weighted by Crippen LogP contribution is -2.27. The molecular weight excluding hydrogens is 304 g/mol. The predicted octanol–water partition coefficient (Wildman–Crippen LogP) is 2.78. The van der Waals surface area contributed by atoms with E-state index in [-0.39, 0.29) is 11.8 Å². The van der Waals surface area contributed by atoms with Crippen molar-refractivity contribution in [3.05, 3.63) is 35.9 Å². The Labute approximate surface area is 141 Å². The second-order valence-corrected chi connectivity index (χ2v) is 5.78. The molecule has 124 valence electrons. The first-order chi connectivity index (χ1) is 11.7. The van der Waals surface area contributed by atoms with E-state index in [1.807, 2.05) is 25.3 Å². The highest BCUT2D eigenvalue weighted by atomic mass is 16.5. The lowest BCUT2D eigenvalue weighted by molar-refractivity contribution is 0.0247. The number of hydrogen-bond donors (Lipinski definition) is 2. The average molecular weight is 324 g/mol. The van der Waals surface area contributed by atoms with Gasteiger partial charge in [-0.3, -0.25) is 0 Å². The topological polar surface area (TPSA) is 95.8 Å². The van der Waals surface area contributed by atoms with E-state index in [2.05, 4.69) is 25.6 Å². The molecule has 0 aliphatic carbocycles. The number of aromatic nitrogens is 3. The van der Waals surface area contributed by atoms with Crippen LogP contribution in [0.1, 0.15) is 30.5 Å². The Morgan fingerprint density at radius 3 is 2.79 bits per heavy atom. The largest absolute Gasteiger partial charge is 0.382 e. The summed E-state index contributed by atoms with van der Waals surface area (Å²) in [4.78, 5) is 12.5. The van der Waals surface area contributed by atoms with Crippen LogP contribution in [0.2, 0.25) is 0 Å². The highest BCUT2D eigenvalue weighted by Crippen LogP contribution is 2.21. The predicted molar refractivity (Wildman–Crippen MR) is 91.1 cm³/mol. The highest BCUT2D eigenvalue weighted by molar-refractivity contribution is 5.61. The van der Waals surface area contributed by atoms with Crippen LogP contribution < -0.4 is 10.6 Å². The zero-order valence-corrected chi connectivity index (χ0v) is 13.6. The first-order valence-electron chi connectivity index (χ1n) is 8.06. The summed E-state index contributed by atoms with van der Waals surface area (Å²) in [5.74, 6) is 1.22. The van der Waals surface area contributed by atoms with E-state index in [1.54, 1.807) is 0 Å². The van der Waals surface area contributed by atoms with E-state index in [9.17, 15) is 0 Å². The van der Waals surface area contributed by atoms with Crippen molar-refractivity contribution < 1.29 is 4.74 Å². The monoisotopic (exact) mass is 324 g/mol. The second kappa shape index (κ2) is 7.70. The average Bonchev–Trinajstić information content (AvgIpc) is 2.63. The van der Waals surface area contributed by atoms with E-state index in [1.165, 1.54) is 18.8 Å². The van der Waals surface area contributed by atoms with Gasteiger partial charge in [0.25, 0.3) is 0 Å². The van der Waals surface area contributed by atoms with Gasteiger partial charge in [-0.1, -0.05) is 0 Å². The fourth-order valence-electron chi connectivity index (χ4n) is 2.56. The molecule has 0 amide bonds. The zero-order chi connectivity index (χ0) is 16.8. The minimum absolute atomic E-state index is 0.270. The standard InChI is InChI=1S/C17H20N6O/c1-12-8-21-16(23-17-11-19-13(7-18)9-22-17)6-15(12)20-10-14-4-2-3-5-24-14/h6,8-9,11,14H,2-5,10H2,1H3,(H2,20,21,22,23)/t14-/m0/s1. The van der Waals surface area contributed by atoms with Crippen LogP contribution in [0.5, 0.6) is 0 Å². The van der Waals surface area contributed by atoms with Crippen LogP contribution in [0.4, 0.5) is 17.3 Å². The molecule has 3 rings (SSSR count). The maximum Gasteiger partial charge on any atom is 0.158 e. The molecule has 1 aliphatic heterocycles. The fraction of sp³-hybridized carbons (Fsp3) is 0.412. The third-order valence-electron chi connectivity index (χ3n) is 3.92. The minimum Gasteiger partial charge on any atom is -0.382 e. The molecule has 0 aromatic carbocycles. The Balaban J connectivity index is 1.65. The molecule has 1 fully saturated rings. The Hall–Kier alpha value is -2.72. The maximum atomic E-state index is 8.75. The molecule has 2 N–H and O–H groups in total. The van der Waals surface area contributed by atoms with Gasteiger partial charge in [0.2, 0.25) is 0 Å². The normalized spacial score (nSPS) is 17.1. The molecule has 7 nitrogen and oxygen atoms in total. The van der Waals surface area contributed by atoms with Gasteiger partial charge in [0.05, 0.1) is 18.5 Å². The van der Waals surface area contributed by atoms with Gasteiger partial charge in [0.15, 0.2) is 5.69 Å². The van der Waals surface area contributed by atoms with E-state index in [0.29, 0.717) is 11.6 Å². The molecule has 2 aromatic rings. The summed E-state index contributed by atoms with van der Waals surface area (Å²) in [5.41, 5.74) is 2.37. The molecule has 0 radical (unpaired) electrons. The Bertz CT molecular complexity index is 719. The smallest absolute Gasteiger partial charge is 0.158 e. The Kier molecular flexibility index (Phi) is 5.18. The molecule has 0 bridgehead atoms. The van der Waals surface area contributed by atoms with Crippen molar-refractivity contribution in [1.82, 2.24) is 15.0 Å². The summed E-state index contributed by atoms with van der Waals surface area (Å²) < 4.78 is 5.75. The quantitative estimate of drug-likeness (QED) is 0.873. The number of rotatable bonds is 5.